The molecule has 1 heterocycles. The summed E-state index contributed by atoms with van der Waals surface area (Å²) in [5, 5.41) is 73.5. The van der Waals surface area contributed by atoms with Gasteiger partial charge in [0, 0.05) is 22.8 Å². The highest BCUT2D eigenvalue weighted by atomic mass is 16.7. The van der Waals surface area contributed by atoms with Crippen molar-refractivity contribution < 1.29 is 54.8 Å². The average Bonchev–Trinajstić information content (AvgIpc) is 2.97. The van der Waals surface area contributed by atoms with Gasteiger partial charge in [0.25, 0.3) is 0 Å². The van der Waals surface area contributed by atoms with Crippen molar-refractivity contribution in [3.05, 3.63) is 42.0 Å². The smallest absolute Gasteiger partial charge is 0.229 e. The number of anilines is 1. The average molecular weight is 606 g/mol. The number of amides is 1. The summed E-state index contributed by atoms with van der Waals surface area (Å²) in [6, 6.07) is 2.63. The Bertz CT molecular complexity index is 1240. The summed E-state index contributed by atoms with van der Waals surface area (Å²) in [7, 11) is 0. The molecule has 5 rings (SSSR count). The number of carbonyl (C=O) groups excluding carboxylic acids is 2. The lowest BCUT2D eigenvalue weighted by atomic mass is 9.57. The van der Waals surface area contributed by atoms with Gasteiger partial charge in [0.2, 0.25) is 12.2 Å². The van der Waals surface area contributed by atoms with E-state index in [-0.39, 0.29) is 35.6 Å². The number of ketones is 1. The van der Waals surface area contributed by atoms with Gasteiger partial charge in [-0.3, -0.25) is 9.59 Å². The molecule has 2 bridgehead atoms. The summed E-state index contributed by atoms with van der Waals surface area (Å²) < 4.78 is 11.0. The highest BCUT2D eigenvalue weighted by molar-refractivity contribution is 5.97. The molecule has 8 N–H and O–H groups in total. The van der Waals surface area contributed by atoms with Crippen molar-refractivity contribution in [2.45, 2.75) is 95.8 Å². The van der Waals surface area contributed by atoms with Crippen molar-refractivity contribution in [1.29, 1.82) is 0 Å². The highest BCUT2D eigenvalue weighted by Gasteiger charge is 2.48. The first-order valence-corrected chi connectivity index (χ1v) is 14.5. The van der Waals surface area contributed by atoms with Crippen molar-refractivity contribution >= 4 is 17.4 Å². The Kier molecular flexibility index (Phi) is 10.0. The van der Waals surface area contributed by atoms with Crippen LogP contribution in [-0.4, -0.2) is 90.9 Å². The van der Waals surface area contributed by atoms with Crippen LogP contribution in [0.2, 0.25) is 0 Å². The molecule has 4 fully saturated rings. The van der Waals surface area contributed by atoms with E-state index in [2.05, 4.69) is 11.9 Å². The molecule has 1 amide bonds. The minimum absolute atomic E-state index is 0.0677. The molecule has 1 aliphatic heterocycles. The first-order valence-electron chi connectivity index (χ1n) is 14.5. The number of carbonyl (C=O) groups is 2. The Morgan fingerprint density at radius 3 is 2.51 bits per heavy atom. The number of hydrogen-bond donors (Lipinski definition) is 8. The van der Waals surface area contributed by atoms with Crippen LogP contribution in [0.4, 0.5) is 5.69 Å². The van der Waals surface area contributed by atoms with Gasteiger partial charge in [-0.25, -0.2) is 0 Å². The molecular weight excluding hydrogens is 562 g/mol. The largest absolute Gasteiger partial charge is 0.505 e. The highest BCUT2D eigenvalue weighted by Crippen LogP contribution is 2.53. The summed E-state index contributed by atoms with van der Waals surface area (Å²) in [6.45, 7) is 6.34. The summed E-state index contributed by atoms with van der Waals surface area (Å²) in [5.74, 6) is -1.12. The molecule has 43 heavy (non-hydrogen) atoms. The second-order valence-corrected chi connectivity index (χ2v) is 12.6. The van der Waals surface area contributed by atoms with Gasteiger partial charge < -0.3 is 50.5 Å². The summed E-state index contributed by atoms with van der Waals surface area (Å²) >= 11 is 0. The summed E-state index contributed by atoms with van der Waals surface area (Å²) in [6.07, 6.45) is -2.04. The maximum atomic E-state index is 13.2. The van der Waals surface area contributed by atoms with E-state index in [4.69, 9.17) is 9.47 Å². The van der Waals surface area contributed by atoms with Gasteiger partial charge in [0.05, 0.1) is 19.3 Å². The number of nitrogens with one attached hydrogen (secondary N) is 1. The minimum Gasteiger partial charge on any atom is -0.505 e. The number of benzene rings is 1. The molecule has 1 aromatic carbocycles. The van der Waals surface area contributed by atoms with Gasteiger partial charge >= 0.3 is 0 Å². The lowest BCUT2D eigenvalue weighted by Gasteiger charge is -2.49. The maximum absolute atomic E-state index is 13.2. The second kappa shape index (κ2) is 13.0. The van der Waals surface area contributed by atoms with E-state index in [0.29, 0.717) is 18.8 Å². The topological polar surface area (TPSA) is 206 Å². The van der Waals surface area contributed by atoms with E-state index in [1.807, 2.05) is 6.08 Å². The minimum atomic E-state index is -1.73. The zero-order valence-corrected chi connectivity index (χ0v) is 24.5. The monoisotopic (exact) mass is 605 g/mol. The Morgan fingerprint density at radius 2 is 1.88 bits per heavy atom. The Balaban J connectivity index is 1.43. The van der Waals surface area contributed by atoms with E-state index in [1.54, 1.807) is 13.8 Å². The van der Waals surface area contributed by atoms with Crippen LogP contribution in [0.5, 0.6) is 11.5 Å². The Hall–Kier alpha value is -2.84. The number of hydrogen-bond acceptors (Lipinski definition) is 11. The molecule has 0 spiro atoms. The van der Waals surface area contributed by atoms with Crippen LogP contribution in [-0.2, 0) is 20.9 Å². The van der Waals surface area contributed by atoms with E-state index >= 15 is 0 Å². The first-order chi connectivity index (χ1) is 20.2. The van der Waals surface area contributed by atoms with Gasteiger partial charge in [-0.05, 0) is 56.2 Å². The zero-order valence-electron chi connectivity index (χ0n) is 24.5. The SMILES string of the molecule is C=C1CC2(C=CC(=O)C(C)(C)CCC(=O)Nc3c(OC4OC(CO)C(O)C(O)C4O)ccc(CO)c3O)CCC1CC2O. The summed E-state index contributed by atoms with van der Waals surface area (Å²) in [5.41, 5.74) is -0.491. The summed E-state index contributed by atoms with van der Waals surface area (Å²) in [4.78, 5) is 26.2. The third-order valence-electron chi connectivity index (χ3n) is 9.22. The number of rotatable bonds is 11. The van der Waals surface area contributed by atoms with Crippen LogP contribution in [0.3, 0.4) is 0 Å². The van der Waals surface area contributed by atoms with Crippen LogP contribution in [0.1, 0.15) is 57.9 Å². The van der Waals surface area contributed by atoms with E-state index in [9.17, 15) is 45.3 Å². The molecule has 238 valence electrons. The second-order valence-electron chi connectivity index (χ2n) is 12.6. The zero-order chi connectivity index (χ0) is 31.7. The maximum Gasteiger partial charge on any atom is 0.229 e. The van der Waals surface area contributed by atoms with E-state index < -0.39 is 72.5 Å². The van der Waals surface area contributed by atoms with Crippen LogP contribution >= 0.6 is 0 Å². The van der Waals surface area contributed by atoms with E-state index in [1.165, 1.54) is 18.2 Å². The number of ether oxygens (including phenoxy) is 2. The molecule has 0 radical (unpaired) electrons. The molecule has 12 heteroatoms. The fourth-order valence-electron chi connectivity index (χ4n) is 6.10. The number of allylic oxidation sites excluding steroid dienone is 2. The van der Waals surface area contributed by atoms with Gasteiger partial charge in [-0.15, -0.1) is 0 Å². The molecule has 1 saturated heterocycles. The molecule has 12 nitrogen and oxygen atoms in total. The molecule has 1 aromatic rings. The lowest BCUT2D eigenvalue weighted by molar-refractivity contribution is -0.277. The van der Waals surface area contributed by atoms with Crippen molar-refractivity contribution in [2.24, 2.45) is 16.7 Å². The van der Waals surface area contributed by atoms with Crippen LogP contribution in [0.15, 0.2) is 36.4 Å². The van der Waals surface area contributed by atoms with Crippen LogP contribution in [0.25, 0.3) is 0 Å². The molecular formula is C31H43NO11. The Labute approximate surface area is 250 Å². The molecule has 8 unspecified atom stereocenters. The van der Waals surface area contributed by atoms with Gasteiger partial charge in [0.15, 0.2) is 5.78 Å². The molecule has 8 atom stereocenters. The third-order valence-corrected chi connectivity index (χ3v) is 9.22. The number of phenols is 1. The number of fused-ring (bicyclic) bond motifs is 3. The molecule has 4 aliphatic rings. The molecule has 0 aromatic heterocycles. The number of aliphatic hydroxyl groups excluding tert-OH is 6. The van der Waals surface area contributed by atoms with Crippen molar-refractivity contribution in [1.82, 2.24) is 0 Å². The van der Waals surface area contributed by atoms with Crippen LogP contribution < -0.4 is 10.1 Å². The van der Waals surface area contributed by atoms with Crippen molar-refractivity contribution in [3.63, 3.8) is 0 Å². The number of aliphatic hydroxyl groups is 6. The fraction of sp³-hybridized carbons (Fsp3) is 0.613. The van der Waals surface area contributed by atoms with Crippen molar-refractivity contribution in [3.8, 4) is 11.5 Å². The van der Waals surface area contributed by atoms with Gasteiger partial charge in [-0.2, -0.15) is 0 Å². The van der Waals surface area contributed by atoms with Crippen molar-refractivity contribution in [2.75, 3.05) is 11.9 Å². The lowest BCUT2D eigenvalue weighted by Crippen LogP contribution is -2.60. The predicted molar refractivity (Wildman–Crippen MR) is 154 cm³/mol. The quantitative estimate of drug-likeness (QED) is 0.102. The molecule has 3 saturated carbocycles. The fourth-order valence-corrected chi connectivity index (χ4v) is 6.10. The van der Waals surface area contributed by atoms with Gasteiger partial charge in [-0.1, -0.05) is 32.1 Å². The normalized spacial score (nSPS) is 32.7. The van der Waals surface area contributed by atoms with E-state index in [0.717, 1.165) is 18.4 Å². The van der Waals surface area contributed by atoms with Crippen LogP contribution in [0, 0.1) is 16.7 Å². The van der Waals surface area contributed by atoms with Gasteiger partial charge in [0.1, 0.15) is 41.6 Å². The number of aromatic hydroxyl groups is 1. The standard InChI is InChI=1S/C31H43NO11/c1-16-13-31(10-6-17(16)12-22(31)36)11-7-21(35)30(2,3)9-8-23(37)32-24-19(5-4-18(14-33)25(24)38)42-29-28(41)27(40)26(39)20(15-34)43-29/h4-5,7,11,17,20,22,26-29,33-34,36,38-41H,1,6,8-10,12-15H2,2-3H3,(H,32,37). The first kappa shape index (κ1) is 33.1. The third kappa shape index (κ3) is 6.80. The molecule has 3 aliphatic carbocycles. The Morgan fingerprint density at radius 1 is 1.16 bits per heavy atom. The predicted octanol–water partition coefficient (Wildman–Crippen LogP) is 1.04.